The molecule has 1 aromatic rings. The molecule has 0 aliphatic carbocycles. The Bertz CT molecular complexity index is 547. The lowest BCUT2D eigenvalue weighted by Gasteiger charge is -2.14. The van der Waals surface area contributed by atoms with Crippen molar-refractivity contribution in [1.82, 2.24) is 0 Å². The Morgan fingerprint density at radius 2 is 1.79 bits per heavy atom. The van der Waals surface area contributed by atoms with Crippen molar-refractivity contribution in [3.63, 3.8) is 0 Å². The van der Waals surface area contributed by atoms with Gasteiger partial charge < -0.3 is 0 Å². The van der Waals surface area contributed by atoms with Gasteiger partial charge in [0.05, 0.1) is 17.9 Å². The van der Waals surface area contributed by atoms with E-state index in [1.165, 1.54) is 31.2 Å². The van der Waals surface area contributed by atoms with Crippen LogP contribution in [0.25, 0.3) is 5.57 Å². The van der Waals surface area contributed by atoms with Gasteiger partial charge in [-0.1, -0.05) is 30.3 Å². The number of allylic oxidation sites excluding steroid dienone is 1. The predicted octanol–water partition coefficient (Wildman–Crippen LogP) is 3.00. The fraction of sp³-hybridized carbons (Fsp3) is 0.333. The molecule has 0 amide bonds. The molecular weight excluding hydrogens is 281 g/mol. The first-order chi connectivity index (χ1) is 8.59. The molecule has 0 unspecified atom stereocenters. The molecule has 0 spiro atoms. The predicted molar refractivity (Wildman–Crippen MR) is 65.9 cm³/mol. The van der Waals surface area contributed by atoms with E-state index in [1.54, 1.807) is 6.07 Å². The zero-order valence-corrected chi connectivity index (χ0v) is 11.1. The van der Waals surface area contributed by atoms with E-state index in [2.05, 4.69) is 4.18 Å². The van der Waals surface area contributed by atoms with Crippen LogP contribution in [0.2, 0.25) is 0 Å². The zero-order chi connectivity index (χ0) is 14.7. The number of rotatable bonds is 4. The molecule has 3 nitrogen and oxygen atoms in total. The van der Waals surface area contributed by atoms with Crippen molar-refractivity contribution in [2.75, 3.05) is 6.26 Å². The first kappa shape index (κ1) is 15.7. The second kappa shape index (κ2) is 5.75. The van der Waals surface area contributed by atoms with E-state index in [4.69, 9.17) is 0 Å². The number of hydrogen-bond acceptors (Lipinski definition) is 3. The monoisotopic (exact) mass is 294 g/mol. The normalized spacial score (nSPS) is 15.3. The maximum absolute atomic E-state index is 12.9. The van der Waals surface area contributed by atoms with Crippen molar-refractivity contribution >= 4 is 15.7 Å². The number of benzene rings is 1. The minimum atomic E-state index is -4.59. The Morgan fingerprint density at radius 1 is 1.26 bits per heavy atom. The molecule has 0 N–H and O–H groups in total. The summed E-state index contributed by atoms with van der Waals surface area (Å²) in [6.45, 7) is 1.23. The number of hydrogen-bond donors (Lipinski definition) is 0. The molecular formula is C12H13F3O3S. The highest BCUT2D eigenvalue weighted by Gasteiger charge is 2.35. The summed E-state index contributed by atoms with van der Waals surface area (Å²) >= 11 is 0. The lowest BCUT2D eigenvalue weighted by atomic mass is 10.0. The summed E-state index contributed by atoms with van der Waals surface area (Å²) in [6, 6.07) is 7.13. The molecule has 0 radical (unpaired) electrons. The Hall–Kier alpha value is -1.34. The topological polar surface area (TPSA) is 43.4 Å². The fourth-order valence-corrected chi connectivity index (χ4v) is 2.12. The van der Waals surface area contributed by atoms with Crippen LogP contribution in [0.15, 0.2) is 36.4 Å². The van der Waals surface area contributed by atoms with Crippen molar-refractivity contribution < 1.29 is 25.8 Å². The summed E-state index contributed by atoms with van der Waals surface area (Å²) in [5.74, 6) is 0. The van der Waals surface area contributed by atoms with Gasteiger partial charge >= 0.3 is 6.18 Å². The highest BCUT2D eigenvalue weighted by molar-refractivity contribution is 7.86. The third-order valence-electron chi connectivity index (χ3n) is 2.12. The first-order valence-corrected chi connectivity index (χ1v) is 7.14. The van der Waals surface area contributed by atoms with Gasteiger partial charge in [0.25, 0.3) is 10.1 Å². The molecule has 0 aliphatic heterocycles. The van der Waals surface area contributed by atoms with E-state index >= 15 is 0 Å². The van der Waals surface area contributed by atoms with Crippen LogP contribution in [0.3, 0.4) is 0 Å². The van der Waals surface area contributed by atoms with Crippen LogP contribution in [-0.4, -0.2) is 27.0 Å². The quantitative estimate of drug-likeness (QED) is 0.802. The molecule has 0 heterocycles. The third-order valence-corrected chi connectivity index (χ3v) is 2.77. The molecule has 1 rings (SSSR count). The molecule has 0 saturated heterocycles. The average molecular weight is 294 g/mol. The molecule has 19 heavy (non-hydrogen) atoms. The van der Waals surface area contributed by atoms with Crippen LogP contribution in [0.4, 0.5) is 13.2 Å². The van der Waals surface area contributed by atoms with Gasteiger partial charge in [0, 0.05) is 0 Å². The second-order valence-corrected chi connectivity index (χ2v) is 5.55. The Morgan fingerprint density at radius 3 is 2.21 bits per heavy atom. The van der Waals surface area contributed by atoms with Gasteiger partial charge in [0.15, 0.2) is 0 Å². The van der Waals surface area contributed by atoms with Crippen molar-refractivity contribution in [3.05, 3.63) is 42.0 Å². The Labute approximate surface area is 109 Å². The lowest BCUT2D eigenvalue weighted by Crippen LogP contribution is -2.17. The summed E-state index contributed by atoms with van der Waals surface area (Å²) in [7, 11) is -3.81. The van der Waals surface area contributed by atoms with Crippen molar-refractivity contribution in [2.24, 2.45) is 0 Å². The lowest BCUT2D eigenvalue weighted by molar-refractivity contribution is -0.0694. The van der Waals surface area contributed by atoms with Crippen LogP contribution in [0.1, 0.15) is 12.5 Å². The summed E-state index contributed by atoms with van der Waals surface area (Å²) in [5.41, 5.74) is -0.969. The Kier molecular flexibility index (Phi) is 4.75. The molecule has 0 bridgehead atoms. The largest absolute Gasteiger partial charge is 0.416 e. The van der Waals surface area contributed by atoms with Crippen LogP contribution in [0, 0.1) is 0 Å². The molecule has 7 heteroatoms. The van der Waals surface area contributed by atoms with Crippen LogP contribution in [0.5, 0.6) is 0 Å². The van der Waals surface area contributed by atoms with Gasteiger partial charge in [-0.2, -0.15) is 21.6 Å². The first-order valence-electron chi connectivity index (χ1n) is 5.32. The maximum atomic E-state index is 12.9. The van der Waals surface area contributed by atoms with E-state index in [1.807, 2.05) is 0 Å². The summed E-state index contributed by atoms with van der Waals surface area (Å²) < 4.78 is 65.0. The molecule has 0 fully saturated rings. The average Bonchev–Trinajstić information content (AvgIpc) is 2.23. The smallest absolute Gasteiger partial charge is 0.263 e. The SMILES string of the molecule is C[C@H](/C=C(\c1ccccc1)C(F)(F)F)OS(C)(=O)=O. The summed E-state index contributed by atoms with van der Waals surface area (Å²) in [4.78, 5) is 0. The second-order valence-electron chi connectivity index (χ2n) is 3.95. The molecule has 0 saturated carbocycles. The standard InChI is InChI=1S/C12H13F3O3S/c1-9(18-19(2,16)17)8-11(12(13,14)15)10-6-4-3-5-7-10/h3-9H,1-2H3/b11-8+/t9-/m1/s1. The van der Waals surface area contributed by atoms with Gasteiger partial charge in [-0.25, -0.2) is 0 Å². The number of alkyl halides is 3. The van der Waals surface area contributed by atoms with Crippen molar-refractivity contribution in [3.8, 4) is 0 Å². The van der Waals surface area contributed by atoms with Crippen LogP contribution < -0.4 is 0 Å². The van der Waals surface area contributed by atoms with Crippen molar-refractivity contribution in [1.29, 1.82) is 0 Å². The van der Waals surface area contributed by atoms with Gasteiger partial charge in [0.1, 0.15) is 0 Å². The van der Waals surface area contributed by atoms with Gasteiger partial charge in [-0.15, -0.1) is 0 Å². The minimum Gasteiger partial charge on any atom is -0.263 e. The fourth-order valence-electron chi connectivity index (χ4n) is 1.51. The Balaban J connectivity index is 3.13. The van der Waals surface area contributed by atoms with Gasteiger partial charge in [-0.3, -0.25) is 4.18 Å². The summed E-state index contributed by atoms with van der Waals surface area (Å²) in [5, 5.41) is 0. The highest BCUT2D eigenvalue weighted by atomic mass is 32.2. The maximum Gasteiger partial charge on any atom is 0.416 e. The summed E-state index contributed by atoms with van der Waals surface area (Å²) in [6.07, 6.45) is -4.26. The molecule has 0 aromatic heterocycles. The van der Waals surface area contributed by atoms with E-state index in [0.29, 0.717) is 0 Å². The van der Waals surface area contributed by atoms with Gasteiger partial charge in [0.2, 0.25) is 0 Å². The van der Waals surface area contributed by atoms with Gasteiger partial charge in [-0.05, 0) is 18.6 Å². The molecule has 0 aliphatic rings. The van der Waals surface area contributed by atoms with Crippen molar-refractivity contribution in [2.45, 2.75) is 19.2 Å². The van der Waals surface area contributed by atoms with Crippen LogP contribution in [-0.2, 0) is 14.3 Å². The number of halogens is 3. The molecule has 1 aromatic carbocycles. The molecule has 1 atom stereocenters. The molecule has 106 valence electrons. The minimum absolute atomic E-state index is 0.0426. The van der Waals surface area contributed by atoms with E-state index in [0.717, 1.165) is 12.3 Å². The highest BCUT2D eigenvalue weighted by Crippen LogP contribution is 2.34. The van der Waals surface area contributed by atoms with Crippen LogP contribution >= 0.6 is 0 Å². The zero-order valence-electron chi connectivity index (χ0n) is 10.3. The van der Waals surface area contributed by atoms with E-state index in [-0.39, 0.29) is 5.56 Å². The van der Waals surface area contributed by atoms with E-state index < -0.39 is 28.0 Å². The van der Waals surface area contributed by atoms with E-state index in [9.17, 15) is 21.6 Å². The third kappa shape index (κ3) is 5.44.